The zero-order chi connectivity index (χ0) is 16.7. The number of hydrogen-bond acceptors (Lipinski definition) is 6. The quantitative estimate of drug-likeness (QED) is 0.491. The Morgan fingerprint density at radius 1 is 1.43 bits per heavy atom. The fraction of sp³-hybridized carbons (Fsp3) is 0.357. The maximum absolute atomic E-state index is 13.6. The molecule has 2 N–H and O–H groups in total. The van der Waals surface area contributed by atoms with E-state index in [0.717, 1.165) is 24.5 Å². The lowest BCUT2D eigenvalue weighted by Gasteiger charge is -2.05. The molecule has 124 valence electrons. The van der Waals surface area contributed by atoms with Crippen molar-refractivity contribution >= 4 is 55.8 Å². The molecule has 0 fully saturated rings. The Bertz CT molecular complexity index is 668. The summed E-state index contributed by atoms with van der Waals surface area (Å²) in [7, 11) is 0. The average molecular weight is 419 g/mol. The predicted molar refractivity (Wildman–Crippen MR) is 96.8 cm³/mol. The second kappa shape index (κ2) is 9.19. The Morgan fingerprint density at radius 3 is 3.00 bits per heavy atom. The van der Waals surface area contributed by atoms with Crippen molar-refractivity contribution in [1.29, 1.82) is 0 Å². The molecule has 1 heterocycles. The molecule has 0 aliphatic rings. The Hall–Kier alpha value is -1.19. The minimum Gasteiger partial charge on any atom is -0.360 e. The van der Waals surface area contributed by atoms with Crippen LogP contribution in [0.15, 0.2) is 27.0 Å². The van der Waals surface area contributed by atoms with Crippen LogP contribution in [0.2, 0.25) is 0 Å². The van der Waals surface area contributed by atoms with E-state index in [-0.39, 0.29) is 17.3 Å². The van der Waals surface area contributed by atoms with Crippen molar-refractivity contribution in [3.63, 3.8) is 0 Å². The number of amides is 1. The van der Waals surface area contributed by atoms with Gasteiger partial charge in [-0.3, -0.25) is 4.79 Å². The summed E-state index contributed by atoms with van der Waals surface area (Å²) in [6, 6.07) is 4.50. The lowest BCUT2D eigenvalue weighted by atomic mass is 10.3. The molecule has 23 heavy (non-hydrogen) atoms. The normalized spacial score (nSPS) is 10.6. The molecule has 1 aromatic carbocycles. The highest BCUT2D eigenvalue weighted by Gasteiger charge is 2.10. The third-order valence-electron chi connectivity index (χ3n) is 2.74. The van der Waals surface area contributed by atoms with Crippen molar-refractivity contribution in [2.24, 2.45) is 0 Å². The fourth-order valence-electron chi connectivity index (χ4n) is 1.62. The molecular weight excluding hydrogens is 403 g/mol. The summed E-state index contributed by atoms with van der Waals surface area (Å²) in [6.07, 6.45) is 2.18. The van der Waals surface area contributed by atoms with Crippen LogP contribution >= 0.6 is 39.0 Å². The van der Waals surface area contributed by atoms with Crippen LogP contribution < -0.4 is 10.6 Å². The molecule has 2 rings (SSSR count). The Balaban J connectivity index is 1.80. The SMILES string of the molecule is CCCCNc1nnc(SCC(=O)Nc2ccc(Br)cc2F)s1. The molecule has 9 heteroatoms. The molecule has 0 atom stereocenters. The minimum atomic E-state index is -0.476. The first kappa shape index (κ1) is 18.2. The maximum atomic E-state index is 13.6. The summed E-state index contributed by atoms with van der Waals surface area (Å²) < 4.78 is 15.0. The van der Waals surface area contributed by atoms with E-state index < -0.39 is 5.82 Å². The topological polar surface area (TPSA) is 66.9 Å². The van der Waals surface area contributed by atoms with E-state index in [9.17, 15) is 9.18 Å². The monoisotopic (exact) mass is 418 g/mol. The second-order valence-corrected chi connectivity index (χ2v) is 7.73. The van der Waals surface area contributed by atoms with E-state index in [4.69, 9.17) is 0 Å². The number of carbonyl (C=O) groups excluding carboxylic acids is 1. The summed E-state index contributed by atoms with van der Waals surface area (Å²) in [4.78, 5) is 11.9. The van der Waals surface area contributed by atoms with Gasteiger partial charge in [0.05, 0.1) is 11.4 Å². The Morgan fingerprint density at radius 2 is 2.26 bits per heavy atom. The highest BCUT2D eigenvalue weighted by atomic mass is 79.9. The molecule has 2 aromatic rings. The van der Waals surface area contributed by atoms with Crippen molar-refractivity contribution in [2.45, 2.75) is 24.1 Å². The molecule has 0 saturated heterocycles. The summed E-state index contributed by atoms with van der Waals surface area (Å²) in [5.74, 6) is -0.609. The number of halogens is 2. The molecule has 0 radical (unpaired) electrons. The molecule has 0 aliphatic carbocycles. The van der Waals surface area contributed by atoms with Gasteiger partial charge >= 0.3 is 0 Å². The Labute approximate surface area is 150 Å². The van der Waals surface area contributed by atoms with E-state index in [1.54, 1.807) is 6.07 Å². The van der Waals surface area contributed by atoms with Crippen molar-refractivity contribution in [3.05, 3.63) is 28.5 Å². The number of nitrogens with one attached hydrogen (secondary N) is 2. The molecule has 0 bridgehead atoms. The van der Waals surface area contributed by atoms with Gasteiger partial charge < -0.3 is 10.6 Å². The summed E-state index contributed by atoms with van der Waals surface area (Å²) in [5.41, 5.74) is 0.165. The van der Waals surface area contributed by atoms with Gasteiger partial charge in [-0.1, -0.05) is 52.4 Å². The molecule has 1 aromatic heterocycles. The van der Waals surface area contributed by atoms with Crippen molar-refractivity contribution < 1.29 is 9.18 Å². The number of nitrogens with zero attached hydrogens (tertiary/aromatic N) is 2. The molecule has 0 spiro atoms. The lowest BCUT2D eigenvalue weighted by molar-refractivity contribution is -0.113. The van der Waals surface area contributed by atoms with Crippen LogP contribution in [-0.4, -0.2) is 28.4 Å². The van der Waals surface area contributed by atoms with Crippen LogP contribution in [0.4, 0.5) is 15.2 Å². The van der Waals surface area contributed by atoms with Gasteiger partial charge in [0, 0.05) is 11.0 Å². The van der Waals surface area contributed by atoms with Gasteiger partial charge in [0.2, 0.25) is 11.0 Å². The van der Waals surface area contributed by atoms with Crippen LogP contribution in [-0.2, 0) is 4.79 Å². The first-order valence-corrected chi connectivity index (χ1v) is 9.63. The summed E-state index contributed by atoms with van der Waals surface area (Å²) in [6.45, 7) is 2.98. The van der Waals surface area contributed by atoms with E-state index in [2.05, 4.69) is 43.7 Å². The molecule has 0 saturated carbocycles. The fourth-order valence-corrected chi connectivity index (χ4v) is 3.53. The first-order chi connectivity index (χ1) is 11.1. The summed E-state index contributed by atoms with van der Waals surface area (Å²) in [5, 5.41) is 14.5. The van der Waals surface area contributed by atoms with Crippen molar-refractivity contribution in [1.82, 2.24) is 10.2 Å². The maximum Gasteiger partial charge on any atom is 0.234 e. The van der Waals surface area contributed by atoms with Crippen molar-refractivity contribution in [2.75, 3.05) is 22.9 Å². The van der Waals surface area contributed by atoms with Crippen LogP contribution in [0.1, 0.15) is 19.8 Å². The van der Waals surface area contributed by atoms with E-state index in [1.165, 1.54) is 35.2 Å². The highest BCUT2D eigenvalue weighted by Crippen LogP contribution is 2.26. The third-order valence-corrected chi connectivity index (χ3v) is 5.25. The standard InChI is InChI=1S/C14H16BrFN4OS2/c1-2-3-6-17-13-19-20-14(23-13)22-8-12(21)18-11-5-4-9(15)7-10(11)16/h4-5,7H,2-3,6,8H2,1H3,(H,17,19)(H,18,21). The van der Waals surface area contributed by atoms with E-state index in [1.807, 2.05) is 0 Å². The van der Waals surface area contributed by atoms with Crippen LogP contribution in [0.3, 0.4) is 0 Å². The zero-order valence-electron chi connectivity index (χ0n) is 12.4. The Kier molecular flexibility index (Phi) is 7.25. The van der Waals surface area contributed by atoms with Gasteiger partial charge in [0.25, 0.3) is 0 Å². The van der Waals surface area contributed by atoms with Gasteiger partial charge in [-0.25, -0.2) is 4.39 Å². The van der Waals surface area contributed by atoms with Gasteiger partial charge in [-0.15, -0.1) is 10.2 Å². The number of benzene rings is 1. The second-order valence-electron chi connectivity index (χ2n) is 4.61. The van der Waals surface area contributed by atoms with Gasteiger partial charge in [0.1, 0.15) is 5.82 Å². The number of hydrogen-bond donors (Lipinski definition) is 2. The third kappa shape index (κ3) is 6.08. The largest absolute Gasteiger partial charge is 0.360 e. The van der Waals surface area contributed by atoms with Gasteiger partial charge in [0.15, 0.2) is 4.34 Å². The number of rotatable bonds is 8. The highest BCUT2D eigenvalue weighted by molar-refractivity contribution is 9.10. The zero-order valence-corrected chi connectivity index (χ0v) is 15.7. The van der Waals surface area contributed by atoms with Gasteiger partial charge in [-0.2, -0.15) is 0 Å². The van der Waals surface area contributed by atoms with Crippen LogP contribution in [0, 0.1) is 5.82 Å². The molecule has 5 nitrogen and oxygen atoms in total. The van der Waals surface area contributed by atoms with Gasteiger partial charge in [-0.05, 0) is 24.6 Å². The van der Waals surface area contributed by atoms with Crippen LogP contribution in [0.5, 0.6) is 0 Å². The number of unbranched alkanes of at least 4 members (excludes halogenated alkanes) is 1. The first-order valence-electron chi connectivity index (χ1n) is 7.03. The smallest absolute Gasteiger partial charge is 0.234 e. The number of anilines is 2. The molecule has 1 amide bonds. The molecule has 0 aliphatic heterocycles. The average Bonchev–Trinajstić information content (AvgIpc) is 2.96. The minimum absolute atomic E-state index is 0.152. The number of carbonyl (C=O) groups is 1. The van der Waals surface area contributed by atoms with E-state index in [0.29, 0.717) is 8.81 Å². The molecular formula is C14H16BrFN4OS2. The summed E-state index contributed by atoms with van der Waals surface area (Å²) >= 11 is 5.86. The predicted octanol–water partition coefficient (Wildman–Crippen LogP) is 4.38. The van der Waals surface area contributed by atoms with E-state index >= 15 is 0 Å². The lowest BCUT2D eigenvalue weighted by Crippen LogP contribution is -2.14. The van der Waals surface area contributed by atoms with Crippen LogP contribution in [0.25, 0.3) is 0 Å². The number of thioether (sulfide) groups is 1. The number of aromatic nitrogens is 2. The molecule has 0 unspecified atom stereocenters. The van der Waals surface area contributed by atoms with Crippen molar-refractivity contribution in [3.8, 4) is 0 Å².